The van der Waals surface area contributed by atoms with Crippen LogP contribution in [0.3, 0.4) is 0 Å². The molecule has 1 aromatic carbocycles. The predicted molar refractivity (Wildman–Crippen MR) is 95.5 cm³/mol. The molecule has 1 aromatic rings. The number of benzene rings is 1. The van der Waals surface area contributed by atoms with Crippen LogP contribution in [0.1, 0.15) is 63.0 Å². The Morgan fingerprint density at radius 2 is 1.95 bits per heavy atom. The molecule has 0 bridgehead atoms. The molecule has 0 amide bonds. The molecule has 2 rings (SSSR count). The van der Waals surface area contributed by atoms with Crippen molar-refractivity contribution in [3.05, 3.63) is 35.4 Å². The highest BCUT2D eigenvalue weighted by atomic mass is 16.1. The summed E-state index contributed by atoms with van der Waals surface area (Å²) >= 11 is 0. The second-order valence-corrected chi connectivity index (χ2v) is 6.24. The van der Waals surface area contributed by atoms with Gasteiger partial charge >= 0.3 is 0 Å². The van der Waals surface area contributed by atoms with Crippen LogP contribution in [-0.2, 0) is 11.2 Å². The number of aryl methyl sites for hydroxylation is 1. The minimum Gasteiger partial charge on any atom is -0.371 e. The SMILES string of the molecule is CCCCCCCCN1CCCc2cc(C=CC=O)ccc21. The predicted octanol–water partition coefficient (Wildman–Crippen LogP) is 5.01. The summed E-state index contributed by atoms with van der Waals surface area (Å²) in [6.45, 7) is 4.64. The number of anilines is 1. The average Bonchev–Trinajstić information content (AvgIpc) is 2.56. The molecule has 2 heteroatoms. The highest BCUT2D eigenvalue weighted by molar-refractivity contribution is 5.74. The van der Waals surface area contributed by atoms with E-state index in [1.165, 1.54) is 69.3 Å². The molecule has 0 unspecified atom stereocenters. The van der Waals surface area contributed by atoms with Crippen molar-refractivity contribution in [2.24, 2.45) is 0 Å². The van der Waals surface area contributed by atoms with Gasteiger partial charge < -0.3 is 4.90 Å². The molecule has 22 heavy (non-hydrogen) atoms. The molecule has 1 heterocycles. The van der Waals surface area contributed by atoms with Crippen LogP contribution in [0.5, 0.6) is 0 Å². The van der Waals surface area contributed by atoms with Crippen LogP contribution in [0.4, 0.5) is 5.69 Å². The number of rotatable bonds is 9. The minimum absolute atomic E-state index is 0.838. The Balaban J connectivity index is 1.88. The Bertz CT molecular complexity index is 492. The second kappa shape index (κ2) is 9.45. The lowest BCUT2D eigenvalue weighted by molar-refractivity contribution is -0.104. The minimum atomic E-state index is 0.838. The van der Waals surface area contributed by atoms with Crippen LogP contribution < -0.4 is 4.90 Å². The molecule has 0 atom stereocenters. The van der Waals surface area contributed by atoms with Crippen LogP contribution in [0.15, 0.2) is 24.3 Å². The van der Waals surface area contributed by atoms with E-state index in [9.17, 15) is 4.79 Å². The van der Waals surface area contributed by atoms with Gasteiger partial charge in [-0.1, -0.05) is 51.2 Å². The first-order chi connectivity index (χ1) is 10.8. The largest absolute Gasteiger partial charge is 0.371 e. The zero-order valence-electron chi connectivity index (χ0n) is 13.9. The number of hydrogen-bond donors (Lipinski definition) is 0. The Kier molecular flexibility index (Phi) is 7.21. The molecular weight excluding hydrogens is 270 g/mol. The summed E-state index contributed by atoms with van der Waals surface area (Å²) in [4.78, 5) is 13.0. The Morgan fingerprint density at radius 1 is 1.14 bits per heavy atom. The summed E-state index contributed by atoms with van der Waals surface area (Å²) in [5.41, 5.74) is 3.97. The first kappa shape index (κ1) is 16.8. The fourth-order valence-corrected chi connectivity index (χ4v) is 3.26. The fourth-order valence-electron chi connectivity index (χ4n) is 3.26. The van der Waals surface area contributed by atoms with Gasteiger partial charge in [0.05, 0.1) is 0 Å². The topological polar surface area (TPSA) is 20.3 Å². The van der Waals surface area contributed by atoms with Crippen molar-refractivity contribution in [2.75, 3.05) is 18.0 Å². The molecule has 0 aromatic heterocycles. The summed E-state index contributed by atoms with van der Waals surface area (Å²) in [6.07, 6.45) is 14.8. The van der Waals surface area contributed by atoms with Gasteiger partial charge in [-0.3, -0.25) is 4.79 Å². The number of fused-ring (bicyclic) bond motifs is 1. The van der Waals surface area contributed by atoms with E-state index in [1.54, 1.807) is 6.08 Å². The van der Waals surface area contributed by atoms with Gasteiger partial charge in [-0.05, 0) is 48.6 Å². The fraction of sp³-hybridized carbons (Fsp3) is 0.550. The van der Waals surface area contributed by atoms with Crippen molar-refractivity contribution < 1.29 is 4.79 Å². The molecule has 0 saturated carbocycles. The third kappa shape index (κ3) is 5.01. The van der Waals surface area contributed by atoms with Crippen LogP contribution in [0.2, 0.25) is 0 Å². The van der Waals surface area contributed by atoms with Crippen LogP contribution in [0, 0.1) is 0 Å². The van der Waals surface area contributed by atoms with E-state index in [1.807, 2.05) is 6.08 Å². The zero-order valence-corrected chi connectivity index (χ0v) is 13.9. The summed E-state index contributed by atoms with van der Waals surface area (Å²) in [5.74, 6) is 0. The lowest BCUT2D eigenvalue weighted by Gasteiger charge is -2.31. The molecule has 0 saturated heterocycles. The van der Waals surface area contributed by atoms with Gasteiger partial charge in [0.15, 0.2) is 0 Å². The number of hydrogen-bond acceptors (Lipinski definition) is 2. The smallest absolute Gasteiger partial charge is 0.142 e. The maximum Gasteiger partial charge on any atom is 0.142 e. The number of carbonyl (C=O) groups excluding carboxylic acids is 1. The maximum absolute atomic E-state index is 10.4. The average molecular weight is 299 g/mol. The molecule has 0 aliphatic carbocycles. The van der Waals surface area contributed by atoms with Gasteiger partial charge in [-0.15, -0.1) is 0 Å². The normalized spacial score (nSPS) is 14.3. The van der Waals surface area contributed by atoms with Gasteiger partial charge in [0.2, 0.25) is 0 Å². The number of aldehydes is 1. The lowest BCUT2D eigenvalue weighted by atomic mass is 9.98. The molecule has 0 fully saturated rings. The summed E-state index contributed by atoms with van der Waals surface area (Å²) in [6, 6.07) is 6.59. The van der Waals surface area contributed by atoms with E-state index in [0.717, 1.165) is 18.3 Å². The van der Waals surface area contributed by atoms with Crippen LogP contribution >= 0.6 is 0 Å². The van der Waals surface area contributed by atoms with Gasteiger partial charge in [-0.2, -0.15) is 0 Å². The second-order valence-electron chi connectivity index (χ2n) is 6.24. The molecule has 0 N–H and O–H groups in total. The first-order valence-electron chi connectivity index (χ1n) is 8.85. The Morgan fingerprint density at radius 3 is 2.77 bits per heavy atom. The maximum atomic E-state index is 10.4. The van der Waals surface area contributed by atoms with E-state index in [4.69, 9.17) is 0 Å². The van der Waals surface area contributed by atoms with E-state index in [-0.39, 0.29) is 0 Å². The highest BCUT2D eigenvalue weighted by Crippen LogP contribution is 2.28. The van der Waals surface area contributed by atoms with Crippen molar-refractivity contribution in [2.45, 2.75) is 58.3 Å². The third-order valence-corrected chi connectivity index (χ3v) is 4.47. The monoisotopic (exact) mass is 299 g/mol. The van der Waals surface area contributed by atoms with Crippen molar-refractivity contribution >= 4 is 18.0 Å². The van der Waals surface area contributed by atoms with Gasteiger partial charge in [0.1, 0.15) is 6.29 Å². The molecule has 1 aliphatic heterocycles. The van der Waals surface area contributed by atoms with Crippen molar-refractivity contribution in [1.29, 1.82) is 0 Å². The molecule has 2 nitrogen and oxygen atoms in total. The van der Waals surface area contributed by atoms with Crippen molar-refractivity contribution in [3.8, 4) is 0 Å². The standard InChI is InChI=1S/C20H29NO/c1-2-3-4-5-6-7-14-21-15-8-11-19-17-18(10-9-16-22)12-13-20(19)21/h9-10,12-13,16-17H,2-8,11,14-15H2,1H3. The Hall–Kier alpha value is -1.57. The Labute approximate surface area is 135 Å². The highest BCUT2D eigenvalue weighted by Gasteiger charge is 2.16. The van der Waals surface area contributed by atoms with Crippen LogP contribution in [-0.4, -0.2) is 19.4 Å². The molecule has 0 spiro atoms. The molecule has 120 valence electrons. The number of allylic oxidation sites excluding steroid dienone is 1. The van der Waals surface area contributed by atoms with Gasteiger partial charge in [0.25, 0.3) is 0 Å². The molecule has 0 radical (unpaired) electrons. The van der Waals surface area contributed by atoms with Crippen molar-refractivity contribution in [1.82, 2.24) is 0 Å². The van der Waals surface area contributed by atoms with Crippen molar-refractivity contribution in [3.63, 3.8) is 0 Å². The van der Waals surface area contributed by atoms with E-state index < -0.39 is 0 Å². The summed E-state index contributed by atoms with van der Waals surface area (Å²) in [5, 5.41) is 0. The van der Waals surface area contributed by atoms with E-state index >= 15 is 0 Å². The lowest BCUT2D eigenvalue weighted by Crippen LogP contribution is -2.30. The summed E-state index contributed by atoms with van der Waals surface area (Å²) in [7, 11) is 0. The number of unbranched alkanes of at least 4 members (excludes halogenated alkanes) is 5. The number of carbonyl (C=O) groups is 1. The third-order valence-electron chi connectivity index (χ3n) is 4.47. The zero-order chi connectivity index (χ0) is 15.6. The molecular formula is C20H29NO. The van der Waals surface area contributed by atoms with E-state index in [2.05, 4.69) is 30.0 Å². The van der Waals surface area contributed by atoms with Crippen LogP contribution in [0.25, 0.3) is 6.08 Å². The quantitative estimate of drug-likeness (QED) is 0.363. The molecule has 1 aliphatic rings. The van der Waals surface area contributed by atoms with E-state index in [0.29, 0.717) is 0 Å². The first-order valence-corrected chi connectivity index (χ1v) is 8.85. The van der Waals surface area contributed by atoms with Gasteiger partial charge in [0, 0.05) is 18.8 Å². The number of nitrogens with zero attached hydrogens (tertiary/aromatic N) is 1. The van der Waals surface area contributed by atoms with Gasteiger partial charge in [-0.25, -0.2) is 0 Å². The summed E-state index contributed by atoms with van der Waals surface area (Å²) < 4.78 is 0.